The first kappa shape index (κ1) is 13.4. The summed E-state index contributed by atoms with van der Waals surface area (Å²) in [6, 6.07) is 3.53. The average Bonchev–Trinajstić information content (AvgIpc) is 2.38. The molecular formula is C12H19N3O2. The molecule has 0 fully saturated rings. The zero-order valence-electron chi connectivity index (χ0n) is 10.3. The second kappa shape index (κ2) is 7.62. The van der Waals surface area contributed by atoms with E-state index in [2.05, 4.69) is 27.3 Å². The standard InChI is InChI=1S/C12H19N3O2/c1-3-13-6-4-7-14-10-5-8-15-11(9-10)12(16)17-2/h5,8-9,13H,3-4,6-7H2,1-2H3,(H,14,15). The van der Waals surface area contributed by atoms with Crippen LogP contribution in [0.2, 0.25) is 0 Å². The molecule has 1 aromatic rings. The molecule has 0 saturated heterocycles. The van der Waals surface area contributed by atoms with Crippen LogP contribution >= 0.6 is 0 Å². The van der Waals surface area contributed by atoms with Crippen molar-refractivity contribution >= 4 is 11.7 Å². The van der Waals surface area contributed by atoms with Gasteiger partial charge in [-0.05, 0) is 31.6 Å². The van der Waals surface area contributed by atoms with Gasteiger partial charge in [-0.25, -0.2) is 9.78 Å². The summed E-state index contributed by atoms with van der Waals surface area (Å²) in [6.45, 7) is 4.91. The molecule has 5 heteroatoms. The molecule has 1 heterocycles. The third-order valence-electron chi connectivity index (χ3n) is 2.26. The van der Waals surface area contributed by atoms with Crippen LogP contribution in [0.3, 0.4) is 0 Å². The van der Waals surface area contributed by atoms with Crippen molar-refractivity contribution in [2.45, 2.75) is 13.3 Å². The SMILES string of the molecule is CCNCCCNc1ccnc(C(=O)OC)c1. The molecule has 0 amide bonds. The van der Waals surface area contributed by atoms with Gasteiger partial charge in [-0.1, -0.05) is 6.92 Å². The molecule has 94 valence electrons. The number of nitrogens with zero attached hydrogens (tertiary/aromatic N) is 1. The van der Waals surface area contributed by atoms with E-state index in [0.717, 1.165) is 31.7 Å². The summed E-state index contributed by atoms with van der Waals surface area (Å²) in [5, 5.41) is 6.48. The maximum absolute atomic E-state index is 11.3. The van der Waals surface area contributed by atoms with E-state index in [1.165, 1.54) is 7.11 Å². The highest BCUT2D eigenvalue weighted by molar-refractivity contribution is 5.88. The summed E-state index contributed by atoms with van der Waals surface area (Å²) in [4.78, 5) is 15.2. The molecular weight excluding hydrogens is 218 g/mol. The van der Waals surface area contributed by atoms with Gasteiger partial charge in [0.05, 0.1) is 7.11 Å². The van der Waals surface area contributed by atoms with Crippen LogP contribution in [0.5, 0.6) is 0 Å². The van der Waals surface area contributed by atoms with Gasteiger partial charge in [0.1, 0.15) is 5.69 Å². The number of esters is 1. The number of hydrogen-bond donors (Lipinski definition) is 2. The maximum atomic E-state index is 11.3. The maximum Gasteiger partial charge on any atom is 0.356 e. The summed E-state index contributed by atoms with van der Waals surface area (Å²) >= 11 is 0. The number of anilines is 1. The van der Waals surface area contributed by atoms with Crippen molar-refractivity contribution in [2.75, 3.05) is 32.1 Å². The molecule has 0 radical (unpaired) electrons. The van der Waals surface area contributed by atoms with E-state index >= 15 is 0 Å². The summed E-state index contributed by atoms with van der Waals surface area (Å²) in [5.41, 5.74) is 1.21. The molecule has 0 aliphatic carbocycles. The zero-order valence-corrected chi connectivity index (χ0v) is 10.3. The van der Waals surface area contributed by atoms with Crippen LogP contribution in [-0.2, 0) is 4.74 Å². The monoisotopic (exact) mass is 237 g/mol. The number of rotatable bonds is 7. The van der Waals surface area contributed by atoms with Gasteiger partial charge < -0.3 is 15.4 Å². The van der Waals surface area contributed by atoms with E-state index in [0.29, 0.717) is 5.69 Å². The fourth-order valence-corrected chi connectivity index (χ4v) is 1.38. The fourth-order valence-electron chi connectivity index (χ4n) is 1.38. The fraction of sp³-hybridized carbons (Fsp3) is 0.500. The highest BCUT2D eigenvalue weighted by Crippen LogP contribution is 2.08. The zero-order chi connectivity index (χ0) is 12.5. The minimum absolute atomic E-state index is 0.323. The molecule has 0 aliphatic heterocycles. The number of ether oxygens (including phenoxy) is 1. The second-order valence-corrected chi connectivity index (χ2v) is 3.56. The molecule has 0 spiro atoms. The number of hydrogen-bond acceptors (Lipinski definition) is 5. The summed E-state index contributed by atoms with van der Waals surface area (Å²) in [5.74, 6) is -0.415. The normalized spacial score (nSPS) is 10.0. The first-order valence-corrected chi connectivity index (χ1v) is 5.77. The quantitative estimate of drug-likeness (QED) is 0.552. The number of carbonyl (C=O) groups is 1. The average molecular weight is 237 g/mol. The first-order valence-electron chi connectivity index (χ1n) is 5.77. The molecule has 2 N–H and O–H groups in total. The van der Waals surface area contributed by atoms with Gasteiger partial charge in [-0.2, -0.15) is 0 Å². The topological polar surface area (TPSA) is 63.2 Å². The predicted molar refractivity (Wildman–Crippen MR) is 67.2 cm³/mol. The van der Waals surface area contributed by atoms with Gasteiger partial charge in [0.2, 0.25) is 0 Å². The van der Waals surface area contributed by atoms with Crippen LogP contribution in [0.25, 0.3) is 0 Å². The van der Waals surface area contributed by atoms with E-state index < -0.39 is 5.97 Å². The lowest BCUT2D eigenvalue weighted by atomic mass is 10.3. The van der Waals surface area contributed by atoms with Crippen LogP contribution in [-0.4, -0.2) is 37.7 Å². The minimum atomic E-state index is -0.415. The van der Waals surface area contributed by atoms with Gasteiger partial charge in [0, 0.05) is 18.4 Å². The Morgan fingerprint density at radius 1 is 1.47 bits per heavy atom. The van der Waals surface area contributed by atoms with E-state index in [9.17, 15) is 4.79 Å². The third-order valence-corrected chi connectivity index (χ3v) is 2.26. The Morgan fingerprint density at radius 3 is 3.00 bits per heavy atom. The number of aromatic nitrogens is 1. The van der Waals surface area contributed by atoms with Crippen molar-refractivity contribution in [1.29, 1.82) is 0 Å². The van der Waals surface area contributed by atoms with Crippen LogP contribution in [0.15, 0.2) is 18.3 Å². The highest BCUT2D eigenvalue weighted by Gasteiger charge is 2.06. The first-order chi connectivity index (χ1) is 8.27. The molecule has 0 aromatic carbocycles. The van der Waals surface area contributed by atoms with Crippen molar-refractivity contribution in [3.05, 3.63) is 24.0 Å². The molecule has 0 bridgehead atoms. The van der Waals surface area contributed by atoms with Gasteiger partial charge in [0.25, 0.3) is 0 Å². The molecule has 1 aromatic heterocycles. The number of carbonyl (C=O) groups excluding carboxylic acids is 1. The van der Waals surface area contributed by atoms with Crippen molar-refractivity contribution in [1.82, 2.24) is 10.3 Å². The van der Waals surface area contributed by atoms with Crippen LogP contribution < -0.4 is 10.6 Å². The van der Waals surface area contributed by atoms with Crippen LogP contribution in [0.4, 0.5) is 5.69 Å². The second-order valence-electron chi connectivity index (χ2n) is 3.56. The Kier molecular flexibility index (Phi) is 6.03. The molecule has 0 unspecified atom stereocenters. The van der Waals surface area contributed by atoms with E-state index in [-0.39, 0.29) is 0 Å². The van der Waals surface area contributed by atoms with Crippen molar-refractivity contribution in [2.24, 2.45) is 0 Å². The van der Waals surface area contributed by atoms with Gasteiger partial charge in [0.15, 0.2) is 0 Å². The Bertz CT molecular complexity index is 355. The lowest BCUT2D eigenvalue weighted by Crippen LogP contribution is -2.17. The number of pyridine rings is 1. The minimum Gasteiger partial charge on any atom is -0.464 e. The van der Waals surface area contributed by atoms with E-state index in [1.54, 1.807) is 12.3 Å². The Balaban J connectivity index is 2.40. The Morgan fingerprint density at radius 2 is 2.29 bits per heavy atom. The van der Waals surface area contributed by atoms with Gasteiger partial charge in [-0.15, -0.1) is 0 Å². The third kappa shape index (κ3) is 4.82. The van der Waals surface area contributed by atoms with Crippen molar-refractivity contribution in [3.8, 4) is 0 Å². The largest absolute Gasteiger partial charge is 0.464 e. The van der Waals surface area contributed by atoms with Crippen LogP contribution in [0, 0.1) is 0 Å². The Hall–Kier alpha value is -1.62. The summed E-state index contributed by atoms with van der Waals surface area (Å²) in [6.07, 6.45) is 2.63. The summed E-state index contributed by atoms with van der Waals surface area (Å²) < 4.78 is 4.61. The molecule has 0 atom stereocenters. The van der Waals surface area contributed by atoms with Crippen LogP contribution in [0.1, 0.15) is 23.8 Å². The molecule has 17 heavy (non-hydrogen) atoms. The highest BCUT2D eigenvalue weighted by atomic mass is 16.5. The summed E-state index contributed by atoms with van der Waals surface area (Å²) in [7, 11) is 1.35. The van der Waals surface area contributed by atoms with Crippen molar-refractivity contribution in [3.63, 3.8) is 0 Å². The molecule has 0 aliphatic rings. The lowest BCUT2D eigenvalue weighted by molar-refractivity contribution is 0.0594. The van der Waals surface area contributed by atoms with Gasteiger partial charge >= 0.3 is 5.97 Å². The predicted octanol–water partition coefficient (Wildman–Crippen LogP) is 1.28. The van der Waals surface area contributed by atoms with E-state index in [1.807, 2.05) is 6.07 Å². The lowest BCUT2D eigenvalue weighted by Gasteiger charge is -2.07. The Labute approximate surface area is 102 Å². The number of methoxy groups -OCH3 is 1. The van der Waals surface area contributed by atoms with Gasteiger partial charge in [-0.3, -0.25) is 0 Å². The number of nitrogens with one attached hydrogen (secondary N) is 2. The molecule has 1 rings (SSSR count). The smallest absolute Gasteiger partial charge is 0.356 e. The van der Waals surface area contributed by atoms with Crippen molar-refractivity contribution < 1.29 is 9.53 Å². The van der Waals surface area contributed by atoms with E-state index in [4.69, 9.17) is 0 Å². The molecule has 5 nitrogen and oxygen atoms in total. The molecule has 0 saturated carbocycles.